The molecular formula is C20H31ClN4O2. The average Bonchev–Trinajstić information content (AvgIpc) is 3.07. The van der Waals surface area contributed by atoms with Crippen LogP contribution in [0.25, 0.3) is 0 Å². The minimum absolute atomic E-state index is 0. The van der Waals surface area contributed by atoms with Crippen LogP contribution in [-0.2, 0) is 9.59 Å². The second-order valence-corrected chi connectivity index (χ2v) is 7.33. The van der Waals surface area contributed by atoms with Crippen molar-refractivity contribution < 1.29 is 9.59 Å². The number of carbonyl (C=O) groups excluding carboxylic acids is 2. The first-order valence-electron chi connectivity index (χ1n) is 9.73. The molecule has 0 atom stereocenters. The van der Waals surface area contributed by atoms with E-state index in [1.54, 1.807) is 4.90 Å². The second kappa shape index (κ2) is 10.6. The van der Waals surface area contributed by atoms with Gasteiger partial charge in [-0.1, -0.05) is 12.1 Å². The average molecular weight is 395 g/mol. The number of anilines is 2. The van der Waals surface area contributed by atoms with Gasteiger partial charge >= 0.3 is 0 Å². The number of piperidine rings is 1. The zero-order valence-electron chi connectivity index (χ0n) is 16.1. The number of nitrogens with one attached hydrogen (secondary N) is 2. The number of benzene rings is 1. The van der Waals surface area contributed by atoms with Gasteiger partial charge in [-0.15, -0.1) is 12.4 Å². The van der Waals surface area contributed by atoms with E-state index < -0.39 is 0 Å². The van der Waals surface area contributed by atoms with E-state index in [0.29, 0.717) is 13.0 Å². The summed E-state index contributed by atoms with van der Waals surface area (Å²) in [6, 6.07) is 7.59. The van der Waals surface area contributed by atoms with Gasteiger partial charge in [0.2, 0.25) is 11.8 Å². The van der Waals surface area contributed by atoms with E-state index in [9.17, 15) is 9.59 Å². The summed E-state index contributed by atoms with van der Waals surface area (Å²) in [5.41, 5.74) is 1.55. The van der Waals surface area contributed by atoms with Crippen LogP contribution in [0.1, 0.15) is 32.1 Å². The lowest BCUT2D eigenvalue weighted by Gasteiger charge is -2.31. The Labute approximate surface area is 168 Å². The van der Waals surface area contributed by atoms with E-state index in [4.69, 9.17) is 0 Å². The molecule has 2 aliphatic heterocycles. The number of halogens is 1. The van der Waals surface area contributed by atoms with E-state index in [1.165, 1.54) is 6.42 Å². The highest BCUT2D eigenvalue weighted by Crippen LogP contribution is 2.29. The highest BCUT2D eigenvalue weighted by Gasteiger charge is 2.25. The van der Waals surface area contributed by atoms with E-state index >= 15 is 0 Å². The maximum atomic E-state index is 12.5. The summed E-state index contributed by atoms with van der Waals surface area (Å²) in [5.74, 6) is 0.900. The van der Waals surface area contributed by atoms with Crippen molar-refractivity contribution in [1.29, 1.82) is 0 Å². The first kappa shape index (κ1) is 21.7. The lowest BCUT2D eigenvalue weighted by Crippen LogP contribution is -2.39. The number of nitrogens with zero attached hydrogens (tertiary/aromatic N) is 2. The molecule has 1 aromatic rings. The molecule has 2 heterocycles. The molecule has 0 aromatic heterocycles. The van der Waals surface area contributed by atoms with Gasteiger partial charge < -0.3 is 15.5 Å². The first-order valence-corrected chi connectivity index (χ1v) is 9.73. The van der Waals surface area contributed by atoms with Gasteiger partial charge in [0.25, 0.3) is 0 Å². The summed E-state index contributed by atoms with van der Waals surface area (Å²) in [4.78, 5) is 28.6. The number of rotatable bonds is 7. The molecule has 2 N–H and O–H groups in total. The molecule has 2 fully saturated rings. The maximum Gasteiger partial charge on any atom is 0.238 e. The van der Waals surface area contributed by atoms with Gasteiger partial charge in [0.1, 0.15) is 0 Å². The van der Waals surface area contributed by atoms with Crippen LogP contribution in [0, 0.1) is 5.92 Å². The number of carbonyl (C=O) groups is 2. The van der Waals surface area contributed by atoms with Gasteiger partial charge in [0.05, 0.1) is 17.9 Å². The van der Waals surface area contributed by atoms with Gasteiger partial charge in [0.15, 0.2) is 0 Å². The highest BCUT2D eigenvalue weighted by molar-refractivity contribution is 6.02. The Kier molecular flexibility index (Phi) is 8.54. The van der Waals surface area contributed by atoms with Crippen LogP contribution in [0.5, 0.6) is 0 Å². The van der Waals surface area contributed by atoms with Crippen LogP contribution < -0.4 is 15.5 Å². The van der Waals surface area contributed by atoms with Crippen molar-refractivity contribution in [3.05, 3.63) is 24.3 Å². The van der Waals surface area contributed by atoms with Crippen molar-refractivity contribution in [3.63, 3.8) is 0 Å². The smallest absolute Gasteiger partial charge is 0.238 e. The molecular weight excluding hydrogens is 364 g/mol. The van der Waals surface area contributed by atoms with Crippen LogP contribution >= 0.6 is 12.4 Å². The fourth-order valence-corrected chi connectivity index (χ4v) is 3.89. The minimum atomic E-state index is -0.00206. The molecule has 7 heteroatoms. The zero-order chi connectivity index (χ0) is 18.4. The predicted molar refractivity (Wildman–Crippen MR) is 112 cm³/mol. The number of hydrogen-bond donors (Lipinski definition) is 2. The molecule has 150 valence electrons. The summed E-state index contributed by atoms with van der Waals surface area (Å²) in [6.45, 7) is 4.17. The number of para-hydroxylation sites is 2. The Bertz CT molecular complexity index is 632. The topological polar surface area (TPSA) is 64.7 Å². The van der Waals surface area contributed by atoms with Crippen LogP contribution in [-0.4, -0.2) is 56.5 Å². The Morgan fingerprint density at radius 1 is 1.19 bits per heavy atom. The van der Waals surface area contributed by atoms with Gasteiger partial charge in [-0.25, -0.2) is 0 Å². The molecule has 0 radical (unpaired) electrons. The Hall–Kier alpha value is -1.63. The lowest BCUT2D eigenvalue weighted by molar-refractivity contribution is -0.118. The van der Waals surface area contributed by atoms with Crippen molar-refractivity contribution in [3.8, 4) is 0 Å². The largest absolute Gasteiger partial charge is 0.323 e. The first-order chi connectivity index (χ1) is 12.7. The normalized spacial score (nSPS) is 18.4. The Morgan fingerprint density at radius 2 is 1.93 bits per heavy atom. The van der Waals surface area contributed by atoms with E-state index in [0.717, 1.165) is 62.7 Å². The summed E-state index contributed by atoms with van der Waals surface area (Å²) >= 11 is 0. The van der Waals surface area contributed by atoms with Crippen molar-refractivity contribution in [1.82, 2.24) is 10.2 Å². The number of amides is 2. The molecule has 0 saturated carbocycles. The molecule has 0 unspecified atom stereocenters. The van der Waals surface area contributed by atoms with Crippen molar-refractivity contribution in [2.45, 2.75) is 32.1 Å². The van der Waals surface area contributed by atoms with Crippen LogP contribution in [0.15, 0.2) is 24.3 Å². The van der Waals surface area contributed by atoms with E-state index in [1.807, 2.05) is 31.3 Å². The molecule has 0 spiro atoms. The molecule has 3 rings (SSSR count). The molecule has 6 nitrogen and oxygen atoms in total. The van der Waals surface area contributed by atoms with Crippen molar-refractivity contribution in [2.75, 3.05) is 50.0 Å². The molecule has 2 amide bonds. The summed E-state index contributed by atoms with van der Waals surface area (Å²) in [7, 11) is 1.99. The lowest BCUT2D eigenvalue weighted by atomic mass is 9.93. The maximum absolute atomic E-state index is 12.5. The van der Waals surface area contributed by atoms with Gasteiger partial charge in [-0.05, 0) is 70.4 Å². The quantitative estimate of drug-likeness (QED) is 0.745. The van der Waals surface area contributed by atoms with Crippen molar-refractivity contribution in [2.24, 2.45) is 5.92 Å². The van der Waals surface area contributed by atoms with Gasteiger partial charge in [-0.3, -0.25) is 14.5 Å². The molecule has 27 heavy (non-hydrogen) atoms. The fourth-order valence-electron chi connectivity index (χ4n) is 3.89. The summed E-state index contributed by atoms with van der Waals surface area (Å²) in [5, 5.41) is 6.23. The van der Waals surface area contributed by atoms with Crippen molar-refractivity contribution >= 4 is 35.6 Å². The third kappa shape index (κ3) is 5.92. The van der Waals surface area contributed by atoms with Gasteiger partial charge in [-0.2, -0.15) is 0 Å². The monoisotopic (exact) mass is 394 g/mol. The van der Waals surface area contributed by atoms with Crippen LogP contribution in [0.2, 0.25) is 0 Å². The van der Waals surface area contributed by atoms with Crippen LogP contribution in [0.3, 0.4) is 0 Å². The second-order valence-electron chi connectivity index (χ2n) is 7.33. The number of likely N-dealkylation sites (tertiary alicyclic amines) is 1. The van der Waals surface area contributed by atoms with E-state index in [-0.39, 0.29) is 24.2 Å². The number of hydrogen-bond acceptors (Lipinski definition) is 4. The molecule has 0 bridgehead atoms. The SMILES string of the molecule is CNCCC1CCN(CC(=O)Nc2ccccc2N2CCCC2=O)CC1.Cl. The van der Waals surface area contributed by atoms with Gasteiger partial charge in [0, 0.05) is 13.0 Å². The molecule has 2 aliphatic rings. The summed E-state index contributed by atoms with van der Waals surface area (Å²) < 4.78 is 0. The highest BCUT2D eigenvalue weighted by atomic mass is 35.5. The van der Waals surface area contributed by atoms with E-state index in [2.05, 4.69) is 15.5 Å². The van der Waals surface area contributed by atoms with Crippen LogP contribution in [0.4, 0.5) is 11.4 Å². The predicted octanol–water partition coefficient (Wildman–Crippen LogP) is 2.50. The Balaban J connectivity index is 0.00000261. The molecule has 1 aromatic carbocycles. The Morgan fingerprint density at radius 3 is 2.59 bits per heavy atom. The third-order valence-electron chi connectivity index (χ3n) is 5.42. The minimum Gasteiger partial charge on any atom is -0.323 e. The zero-order valence-corrected chi connectivity index (χ0v) is 16.9. The molecule has 0 aliphatic carbocycles. The molecule has 2 saturated heterocycles. The third-order valence-corrected chi connectivity index (χ3v) is 5.42. The standard InChI is InChI=1S/C20H30N4O2.ClH/c1-21-11-8-16-9-13-23(14-10-16)15-19(25)22-17-5-2-3-6-18(17)24-12-4-7-20(24)26;/h2-3,5-6,16,21H,4,7-15H2,1H3,(H,22,25);1H. The fraction of sp³-hybridized carbons (Fsp3) is 0.600. The summed E-state index contributed by atoms with van der Waals surface area (Å²) in [6.07, 6.45) is 5.00.